The van der Waals surface area contributed by atoms with Gasteiger partial charge in [-0.05, 0) is 47.9 Å². The minimum absolute atomic E-state index is 0.0914. The Morgan fingerprint density at radius 3 is 2.79 bits per heavy atom. The molecule has 0 spiro atoms. The van der Waals surface area contributed by atoms with Crippen molar-refractivity contribution in [3.05, 3.63) is 52.0 Å². The van der Waals surface area contributed by atoms with Crippen LogP contribution in [0.4, 0.5) is 0 Å². The minimum Gasteiger partial charge on any atom is -0.322 e. The zero-order chi connectivity index (χ0) is 13.4. The summed E-state index contributed by atoms with van der Waals surface area (Å²) in [5.74, 6) is 0.938. The van der Waals surface area contributed by atoms with Crippen LogP contribution in [0, 0.1) is 6.92 Å². The molecule has 1 aromatic carbocycles. The van der Waals surface area contributed by atoms with Crippen molar-refractivity contribution in [3.8, 4) is 0 Å². The fourth-order valence-corrected chi connectivity index (χ4v) is 3.30. The lowest BCUT2D eigenvalue weighted by atomic mass is 10.2. The Morgan fingerprint density at radius 1 is 1.32 bits per heavy atom. The lowest BCUT2D eigenvalue weighted by molar-refractivity contribution is 0.741. The molecule has 0 aliphatic heterocycles. The highest BCUT2D eigenvalue weighted by Crippen LogP contribution is 2.26. The van der Waals surface area contributed by atoms with Crippen LogP contribution in [0.3, 0.4) is 0 Å². The Balaban J connectivity index is 2.15. The van der Waals surface area contributed by atoms with Gasteiger partial charge in [-0.3, -0.25) is 0 Å². The van der Waals surface area contributed by atoms with E-state index in [1.165, 1.54) is 11.1 Å². The van der Waals surface area contributed by atoms with Crippen molar-refractivity contribution in [2.45, 2.75) is 25.8 Å². The summed E-state index contributed by atoms with van der Waals surface area (Å²) in [6.07, 6.45) is 0. The van der Waals surface area contributed by atoms with Gasteiger partial charge in [-0.15, -0.1) is 11.6 Å². The normalized spacial score (nSPS) is 13.0. The number of nitrogens with zero attached hydrogens (tertiary/aromatic N) is 2. The molecular weight excluding hydrogens is 276 g/mol. The first-order valence-electron chi connectivity index (χ1n) is 6.27. The predicted molar refractivity (Wildman–Crippen MR) is 82.2 cm³/mol. The van der Waals surface area contributed by atoms with E-state index < -0.39 is 0 Å². The smallest absolute Gasteiger partial charge is 0.128 e. The molecule has 0 amide bonds. The molecule has 98 valence electrons. The van der Waals surface area contributed by atoms with E-state index in [-0.39, 0.29) is 5.38 Å². The molecule has 2 nitrogen and oxygen atoms in total. The van der Waals surface area contributed by atoms with Gasteiger partial charge in [0.2, 0.25) is 0 Å². The molecule has 2 heterocycles. The van der Waals surface area contributed by atoms with Gasteiger partial charge < -0.3 is 4.57 Å². The third-order valence-corrected chi connectivity index (χ3v) is 4.44. The van der Waals surface area contributed by atoms with Crippen molar-refractivity contribution in [3.63, 3.8) is 0 Å². The van der Waals surface area contributed by atoms with Gasteiger partial charge in [0.1, 0.15) is 5.82 Å². The summed E-state index contributed by atoms with van der Waals surface area (Å²) in [5.41, 5.74) is 4.83. The molecule has 0 bridgehead atoms. The zero-order valence-corrected chi connectivity index (χ0v) is 12.5. The average Bonchev–Trinajstić information content (AvgIpc) is 2.95. The second-order valence-corrected chi connectivity index (χ2v) is 6.14. The lowest BCUT2D eigenvalue weighted by Gasteiger charge is -2.10. The molecule has 0 saturated carbocycles. The summed E-state index contributed by atoms with van der Waals surface area (Å²) in [4.78, 5) is 4.66. The third kappa shape index (κ3) is 2.28. The summed E-state index contributed by atoms with van der Waals surface area (Å²) in [7, 11) is 0. The third-order valence-electron chi connectivity index (χ3n) is 3.33. The molecule has 0 aliphatic rings. The fourth-order valence-electron chi connectivity index (χ4n) is 2.28. The molecule has 0 fully saturated rings. The van der Waals surface area contributed by atoms with E-state index >= 15 is 0 Å². The van der Waals surface area contributed by atoms with E-state index in [0.29, 0.717) is 0 Å². The summed E-state index contributed by atoms with van der Waals surface area (Å²) in [6, 6.07) is 8.20. The monoisotopic (exact) mass is 290 g/mol. The molecule has 3 rings (SSSR count). The molecular formula is C15H15ClN2S. The van der Waals surface area contributed by atoms with Gasteiger partial charge in [-0.1, -0.05) is 12.1 Å². The van der Waals surface area contributed by atoms with Gasteiger partial charge in [-0.2, -0.15) is 11.3 Å². The number of hydrogen-bond donors (Lipinski definition) is 0. The number of aromatic nitrogens is 2. The second kappa shape index (κ2) is 4.99. The van der Waals surface area contributed by atoms with Crippen molar-refractivity contribution in [1.29, 1.82) is 0 Å². The Labute approximate surface area is 121 Å². The number of aryl methyl sites for hydroxylation is 1. The van der Waals surface area contributed by atoms with Crippen LogP contribution in [0.15, 0.2) is 35.0 Å². The number of fused-ring (bicyclic) bond motifs is 1. The van der Waals surface area contributed by atoms with Crippen molar-refractivity contribution >= 4 is 34.0 Å². The Kier molecular flexibility index (Phi) is 3.33. The number of hydrogen-bond acceptors (Lipinski definition) is 2. The fraction of sp³-hybridized carbons (Fsp3) is 0.267. The zero-order valence-electron chi connectivity index (χ0n) is 10.9. The predicted octanol–water partition coefficient (Wildman–Crippen LogP) is 4.75. The average molecular weight is 291 g/mol. The van der Waals surface area contributed by atoms with Crippen LogP contribution in [0.2, 0.25) is 0 Å². The molecule has 0 saturated heterocycles. The van der Waals surface area contributed by atoms with Gasteiger partial charge in [0.15, 0.2) is 0 Å². The standard InChI is InChI=1S/C15H15ClN2S/c1-10-8-19-9-12(10)7-18-14-6-4-3-5-13(14)17-15(18)11(2)16/h3-6,8-9,11H,7H2,1-2H3. The maximum Gasteiger partial charge on any atom is 0.128 e. The first kappa shape index (κ1) is 12.7. The molecule has 4 heteroatoms. The quantitative estimate of drug-likeness (QED) is 0.636. The van der Waals surface area contributed by atoms with Crippen LogP contribution in [-0.4, -0.2) is 9.55 Å². The second-order valence-electron chi connectivity index (χ2n) is 4.74. The van der Waals surface area contributed by atoms with Crippen LogP contribution in [0.25, 0.3) is 11.0 Å². The van der Waals surface area contributed by atoms with Gasteiger partial charge in [0, 0.05) is 0 Å². The lowest BCUT2D eigenvalue weighted by Crippen LogP contribution is -2.05. The summed E-state index contributed by atoms with van der Waals surface area (Å²) < 4.78 is 2.22. The summed E-state index contributed by atoms with van der Waals surface area (Å²) in [5, 5.41) is 4.29. The Morgan fingerprint density at radius 2 is 2.11 bits per heavy atom. The number of benzene rings is 1. The number of para-hydroxylation sites is 2. The molecule has 0 N–H and O–H groups in total. The number of thiophene rings is 1. The molecule has 0 radical (unpaired) electrons. The molecule has 19 heavy (non-hydrogen) atoms. The van der Waals surface area contributed by atoms with Gasteiger partial charge in [-0.25, -0.2) is 4.98 Å². The topological polar surface area (TPSA) is 17.8 Å². The van der Waals surface area contributed by atoms with Crippen LogP contribution in [0.1, 0.15) is 29.3 Å². The van der Waals surface area contributed by atoms with E-state index in [0.717, 1.165) is 23.4 Å². The highest BCUT2D eigenvalue weighted by Gasteiger charge is 2.15. The molecule has 3 aromatic rings. The number of imidazole rings is 1. The number of alkyl halides is 1. The van der Waals surface area contributed by atoms with Gasteiger partial charge in [0.25, 0.3) is 0 Å². The van der Waals surface area contributed by atoms with Crippen molar-refractivity contribution in [2.24, 2.45) is 0 Å². The van der Waals surface area contributed by atoms with Gasteiger partial charge in [0.05, 0.1) is 23.0 Å². The molecule has 2 aromatic heterocycles. The van der Waals surface area contributed by atoms with Gasteiger partial charge >= 0.3 is 0 Å². The molecule has 0 aliphatic carbocycles. The molecule has 1 unspecified atom stereocenters. The first-order chi connectivity index (χ1) is 9.16. The van der Waals surface area contributed by atoms with E-state index in [9.17, 15) is 0 Å². The number of rotatable bonds is 3. The first-order valence-corrected chi connectivity index (χ1v) is 7.65. The van der Waals surface area contributed by atoms with E-state index in [1.54, 1.807) is 11.3 Å². The van der Waals surface area contributed by atoms with Crippen LogP contribution in [-0.2, 0) is 6.54 Å². The summed E-state index contributed by atoms with van der Waals surface area (Å²) in [6.45, 7) is 4.96. The maximum atomic E-state index is 6.28. The largest absolute Gasteiger partial charge is 0.322 e. The van der Waals surface area contributed by atoms with Crippen LogP contribution in [0.5, 0.6) is 0 Å². The maximum absolute atomic E-state index is 6.28. The van der Waals surface area contributed by atoms with Crippen LogP contribution < -0.4 is 0 Å². The number of halogens is 1. The minimum atomic E-state index is -0.0914. The van der Waals surface area contributed by atoms with Crippen molar-refractivity contribution in [2.75, 3.05) is 0 Å². The molecule has 1 atom stereocenters. The highest BCUT2D eigenvalue weighted by molar-refractivity contribution is 7.08. The van der Waals surface area contributed by atoms with Crippen LogP contribution >= 0.6 is 22.9 Å². The Hall–Kier alpha value is -1.32. The highest BCUT2D eigenvalue weighted by atomic mass is 35.5. The van der Waals surface area contributed by atoms with E-state index in [4.69, 9.17) is 11.6 Å². The summed E-state index contributed by atoms with van der Waals surface area (Å²) >= 11 is 8.02. The Bertz CT molecular complexity index is 712. The van der Waals surface area contributed by atoms with E-state index in [1.807, 2.05) is 25.1 Å². The van der Waals surface area contributed by atoms with E-state index in [2.05, 4.69) is 33.3 Å². The van der Waals surface area contributed by atoms with Crippen molar-refractivity contribution < 1.29 is 0 Å². The SMILES string of the molecule is Cc1cscc1Cn1c(C(C)Cl)nc2ccccc21. The van der Waals surface area contributed by atoms with Crippen molar-refractivity contribution in [1.82, 2.24) is 9.55 Å².